The Hall–Kier alpha value is -2.33. The van der Waals surface area contributed by atoms with Crippen molar-refractivity contribution in [2.45, 2.75) is 25.1 Å². The van der Waals surface area contributed by atoms with E-state index in [0.29, 0.717) is 17.8 Å². The number of piperidine rings is 1. The van der Waals surface area contributed by atoms with Crippen LogP contribution in [0.5, 0.6) is 0 Å². The quantitative estimate of drug-likeness (QED) is 0.497. The van der Waals surface area contributed by atoms with Gasteiger partial charge >= 0.3 is 6.18 Å². The Bertz CT molecular complexity index is 846. The number of alkyl halides is 3. The summed E-state index contributed by atoms with van der Waals surface area (Å²) in [7, 11) is 0. The van der Waals surface area contributed by atoms with Crippen molar-refractivity contribution in [2.75, 3.05) is 24.2 Å². The lowest BCUT2D eigenvalue weighted by Gasteiger charge is -2.33. The Balaban J connectivity index is 1.73. The third kappa shape index (κ3) is 5.14. The van der Waals surface area contributed by atoms with Crippen LogP contribution in [0, 0.1) is 5.41 Å². The van der Waals surface area contributed by atoms with Gasteiger partial charge in [-0.3, -0.25) is 10.1 Å². The summed E-state index contributed by atoms with van der Waals surface area (Å²) < 4.78 is 40.6. The number of allylic oxidation sites excluding steroid dienone is 1. The number of nitrogens with zero attached hydrogens (tertiary/aromatic N) is 3. The third-order valence-corrected chi connectivity index (χ3v) is 4.96. The van der Waals surface area contributed by atoms with Crippen LogP contribution in [-0.4, -0.2) is 52.2 Å². The maximum atomic E-state index is 12.4. The van der Waals surface area contributed by atoms with E-state index in [4.69, 9.17) is 5.41 Å². The minimum atomic E-state index is -4.66. The van der Waals surface area contributed by atoms with Crippen molar-refractivity contribution in [2.24, 2.45) is 0 Å². The number of nitrogens with one attached hydrogen (secondary N) is 3. The van der Waals surface area contributed by atoms with Crippen molar-refractivity contribution < 1.29 is 13.2 Å². The molecule has 0 aliphatic carbocycles. The summed E-state index contributed by atoms with van der Waals surface area (Å²) in [4.78, 5) is 13.7. The first-order valence-electron chi connectivity index (χ1n) is 8.75. The molecule has 0 aromatic carbocycles. The number of aromatic amines is 1. The summed E-state index contributed by atoms with van der Waals surface area (Å²) in [6.07, 6.45) is 4.66. The van der Waals surface area contributed by atoms with Gasteiger partial charge < -0.3 is 9.88 Å². The summed E-state index contributed by atoms with van der Waals surface area (Å²) in [5, 5.41) is 6.97. The highest BCUT2D eigenvalue weighted by Crippen LogP contribution is 2.24. The van der Waals surface area contributed by atoms with E-state index in [9.17, 15) is 13.2 Å². The van der Waals surface area contributed by atoms with Gasteiger partial charge in [0, 0.05) is 30.9 Å². The lowest BCUT2D eigenvalue weighted by atomic mass is 10.1. The monoisotopic (exact) mass is 410 g/mol. The molecule has 1 fully saturated rings. The fourth-order valence-corrected chi connectivity index (χ4v) is 3.56. The fourth-order valence-electron chi connectivity index (χ4n) is 3.03. The van der Waals surface area contributed by atoms with Gasteiger partial charge in [-0.1, -0.05) is 11.9 Å². The Morgan fingerprint density at radius 3 is 3.00 bits per heavy atom. The molecule has 150 valence electrons. The number of anilines is 1. The molecule has 1 aliphatic heterocycles. The van der Waals surface area contributed by atoms with Crippen molar-refractivity contribution >= 4 is 29.6 Å². The number of H-pyrrole nitrogens is 1. The zero-order valence-electron chi connectivity index (χ0n) is 15.3. The molecule has 1 unspecified atom stereocenters. The van der Waals surface area contributed by atoms with E-state index >= 15 is 0 Å². The maximum absolute atomic E-state index is 12.4. The van der Waals surface area contributed by atoms with Crippen molar-refractivity contribution in [1.29, 1.82) is 5.41 Å². The molecule has 28 heavy (non-hydrogen) atoms. The van der Waals surface area contributed by atoms with Gasteiger partial charge in [-0.05, 0) is 43.4 Å². The zero-order chi connectivity index (χ0) is 20.1. The van der Waals surface area contributed by atoms with E-state index in [1.807, 2.05) is 18.4 Å². The molecule has 0 bridgehead atoms. The van der Waals surface area contributed by atoms with Gasteiger partial charge in [-0.2, -0.15) is 13.2 Å². The van der Waals surface area contributed by atoms with Gasteiger partial charge in [0.1, 0.15) is 17.4 Å². The molecule has 1 saturated heterocycles. The molecular formula is C18H21F3N6S. The molecule has 0 amide bonds. The van der Waals surface area contributed by atoms with Gasteiger partial charge in [0.15, 0.2) is 0 Å². The van der Waals surface area contributed by atoms with Gasteiger partial charge in [0.2, 0.25) is 0 Å². The molecule has 6 nitrogen and oxygen atoms in total. The first-order chi connectivity index (χ1) is 13.4. The predicted octanol–water partition coefficient (Wildman–Crippen LogP) is 3.90. The molecule has 2 aromatic heterocycles. The van der Waals surface area contributed by atoms with E-state index in [-0.39, 0.29) is 5.82 Å². The summed E-state index contributed by atoms with van der Waals surface area (Å²) in [6, 6.07) is 4.17. The molecule has 3 rings (SSSR count). The highest BCUT2D eigenvalue weighted by molar-refractivity contribution is 7.96. The summed E-state index contributed by atoms with van der Waals surface area (Å²) in [6.45, 7) is 1.80. The van der Waals surface area contributed by atoms with Gasteiger partial charge in [0.25, 0.3) is 0 Å². The van der Waals surface area contributed by atoms with E-state index in [1.165, 1.54) is 0 Å². The number of aromatic nitrogens is 3. The van der Waals surface area contributed by atoms with Crippen LogP contribution >= 0.6 is 11.9 Å². The standard InChI is InChI=1S/C18H21F3N6S/c1-28-26-13-3-2-8-27(11-13)17-9-12(6-7-23-17)14-10-24-16(25-14)5-4-15(22)18(19,20)21/h4-7,9-10,13,22,26H,2-3,8,11H2,1H3,(H,24,25)/b5-4-,22-15?. The highest BCUT2D eigenvalue weighted by Gasteiger charge is 2.32. The highest BCUT2D eigenvalue weighted by atomic mass is 32.2. The number of hydrogen-bond donors (Lipinski definition) is 3. The smallest absolute Gasteiger partial charge is 0.355 e. The van der Waals surface area contributed by atoms with Crippen molar-refractivity contribution in [3.63, 3.8) is 0 Å². The fraction of sp³-hybridized carbons (Fsp3) is 0.389. The van der Waals surface area contributed by atoms with E-state index in [2.05, 4.69) is 24.6 Å². The molecule has 2 aromatic rings. The van der Waals surface area contributed by atoms with Crippen molar-refractivity contribution in [1.82, 2.24) is 19.7 Å². The third-order valence-electron chi connectivity index (χ3n) is 4.40. The second-order valence-corrected chi connectivity index (χ2v) is 7.08. The lowest BCUT2D eigenvalue weighted by molar-refractivity contribution is -0.0583. The van der Waals surface area contributed by atoms with Crippen LogP contribution in [0.3, 0.4) is 0 Å². The summed E-state index contributed by atoms with van der Waals surface area (Å²) in [5.41, 5.74) is 0.107. The van der Waals surface area contributed by atoms with Crippen LogP contribution < -0.4 is 9.62 Å². The molecule has 1 atom stereocenters. The maximum Gasteiger partial charge on any atom is 0.432 e. The first kappa shape index (κ1) is 20.4. The molecule has 3 heterocycles. The topological polar surface area (TPSA) is 80.7 Å². The Kier molecular flexibility index (Phi) is 6.40. The Morgan fingerprint density at radius 1 is 1.43 bits per heavy atom. The second-order valence-electron chi connectivity index (χ2n) is 6.44. The minimum absolute atomic E-state index is 0.254. The molecule has 1 aliphatic rings. The van der Waals surface area contributed by atoms with Crippen LogP contribution in [0.4, 0.5) is 19.0 Å². The number of rotatable bonds is 6. The average Bonchev–Trinajstić information content (AvgIpc) is 3.15. The predicted molar refractivity (Wildman–Crippen MR) is 107 cm³/mol. The Labute approximate surface area is 165 Å². The molecular weight excluding hydrogens is 389 g/mol. The number of hydrogen-bond acceptors (Lipinski definition) is 6. The molecule has 0 saturated carbocycles. The molecule has 0 radical (unpaired) electrons. The normalized spacial score (nSPS) is 18.0. The summed E-state index contributed by atoms with van der Waals surface area (Å²) >= 11 is 1.61. The van der Waals surface area contributed by atoms with E-state index < -0.39 is 11.9 Å². The largest absolute Gasteiger partial charge is 0.432 e. The number of halogens is 3. The average molecular weight is 410 g/mol. The summed E-state index contributed by atoms with van der Waals surface area (Å²) in [5.74, 6) is 1.11. The second kappa shape index (κ2) is 8.78. The molecule has 3 N–H and O–H groups in total. The van der Waals surface area contributed by atoms with Gasteiger partial charge in [-0.25, -0.2) is 9.97 Å². The first-order valence-corrected chi connectivity index (χ1v) is 9.98. The molecule has 0 spiro atoms. The van der Waals surface area contributed by atoms with Crippen LogP contribution in [0.2, 0.25) is 0 Å². The zero-order valence-corrected chi connectivity index (χ0v) is 16.1. The lowest BCUT2D eigenvalue weighted by Crippen LogP contribution is -2.43. The van der Waals surface area contributed by atoms with Crippen LogP contribution in [0.15, 0.2) is 30.6 Å². The van der Waals surface area contributed by atoms with Gasteiger partial charge in [0.05, 0.1) is 11.9 Å². The van der Waals surface area contributed by atoms with Crippen molar-refractivity contribution in [3.8, 4) is 11.3 Å². The number of pyridine rings is 1. The van der Waals surface area contributed by atoms with Crippen LogP contribution in [0.1, 0.15) is 18.7 Å². The van der Waals surface area contributed by atoms with Crippen LogP contribution in [0.25, 0.3) is 17.3 Å². The minimum Gasteiger partial charge on any atom is -0.355 e. The van der Waals surface area contributed by atoms with Crippen molar-refractivity contribution in [3.05, 3.63) is 36.4 Å². The van der Waals surface area contributed by atoms with Crippen LogP contribution in [-0.2, 0) is 0 Å². The Morgan fingerprint density at radius 2 is 2.25 bits per heavy atom. The van der Waals surface area contributed by atoms with Gasteiger partial charge in [-0.15, -0.1) is 0 Å². The number of imidazole rings is 1. The van der Waals surface area contributed by atoms with E-state index in [1.54, 1.807) is 24.3 Å². The molecule has 10 heteroatoms. The van der Waals surface area contributed by atoms with E-state index in [0.717, 1.165) is 43.4 Å². The SMILES string of the molecule is CSNC1CCCN(c2cc(-c3cnc(/C=C\C(=N)C(F)(F)F)[nH]3)ccn2)C1.